The van der Waals surface area contributed by atoms with Gasteiger partial charge in [-0.05, 0) is 36.6 Å². The molecule has 2 aliphatic heterocycles. The van der Waals surface area contributed by atoms with E-state index in [-0.39, 0.29) is 11.8 Å². The fourth-order valence-electron chi connectivity index (χ4n) is 3.54. The molecule has 0 aliphatic carbocycles. The Morgan fingerprint density at radius 3 is 2.75 bits per heavy atom. The average Bonchev–Trinajstić information content (AvgIpc) is 2.74. The second-order valence-electron chi connectivity index (χ2n) is 6.94. The number of methoxy groups -OCH3 is 1. The first kappa shape index (κ1) is 20.1. The molecule has 1 fully saturated rings. The number of benzene rings is 1. The number of hydrogen-bond donors (Lipinski definition) is 0. The summed E-state index contributed by atoms with van der Waals surface area (Å²) in [5.74, 6) is 0.336. The van der Waals surface area contributed by atoms with Crippen molar-refractivity contribution in [1.82, 2.24) is 9.80 Å². The quantitative estimate of drug-likeness (QED) is 0.706. The van der Waals surface area contributed by atoms with E-state index in [4.69, 9.17) is 9.47 Å². The van der Waals surface area contributed by atoms with Gasteiger partial charge in [0.1, 0.15) is 5.75 Å². The number of imide groups is 1. The first-order valence-corrected chi connectivity index (χ1v) is 9.87. The molecule has 2 heterocycles. The summed E-state index contributed by atoms with van der Waals surface area (Å²) in [6.45, 7) is 5.03. The van der Waals surface area contributed by atoms with Crippen LogP contribution in [0.25, 0.3) is 6.08 Å². The third-order valence-corrected chi connectivity index (χ3v) is 4.98. The van der Waals surface area contributed by atoms with Crippen molar-refractivity contribution in [3.63, 3.8) is 0 Å². The number of carbonyl (C=O) groups excluding carboxylic acids is 2. The lowest BCUT2D eigenvalue weighted by atomic mass is 10.0. The van der Waals surface area contributed by atoms with Crippen LogP contribution in [0.5, 0.6) is 5.75 Å². The summed E-state index contributed by atoms with van der Waals surface area (Å²) in [7, 11) is 1.62. The summed E-state index contributed by atoms with van der Waals surface area (Å²) >= 11 is 0. The number of carbonyl (C=O) groups is 2. The van der Waals surface area contributed by atoms with Crippen LogP contribution in [0.2, 0.25) is 0 Å². The Kier molecular flexibility index (Phi) is 6.87. The summed E-state index contributed by atoms with van der Waals surface area (Å²) in [6, 6.07) is 7.58. The number of nitrogens with zero attached hydrogens (tertiary/aromatic N) is 2. The van der Waals surface area contributed by atoms with Gasteiger partial charge in [-0.15, -0.1) is 0 Å². The first-order chi connectivity index (χ1) is 13.6. The normalized spacial score (nSPS) is 18.1. The van der Waals surface area contributed by atoms with Gasteiger partial charge in [0.15, 0.2) is 0 Å². The molecule has 6 nitrogen and oxygen atoms in total. The predicted molar refractivity (Wildman–Crippen MR) is 108 cm³/mol. The SMILES string of the molecule is CCC/C(=C\c1cccc(OC)c1)C(=O)N1CCC=C(N2CCOCC2)C1=O. The molecular weight excluding hydrogens is 356 g/mol. The van der Waals surface area contributed by atoms with Crippen LogP contribution in [-0.4, -0.2) is 61.6 Å². The van der Waals surface area contributed by atoms with Crippen molar-refractivity contribution in [2.24, 2.45) is 0 Å². The minimum Gasteiger partial charge on any atom is -0.497 e. The number of ether oxygens (including phenoxy) is 2. The van der Waals surface area contributed by atoms with Crippen molar-refractivity contribution in [1.29, 1.82) is 0 Å². The van der Waals surface area contributed by atoms with Crippen molar-refractivity contribution in [2.45, 2.75) is 26.2 Å². The van der Waals surface area contributed by atoms with Gasteiger partial charge in [0.05, 0.1) is 26.0 Å². The highest BCUT2D eigenvalue weighted by atomic mass is 16.5. The summed E-state index contributed by atoms with van der Waals surface area (Å²) in [5.41, 5.74) is 2.16. The monoisotopic (exact) mass is 384 g/mol. The lowest BCUT2D eigenvalue weighted by Gasteiger charge is -2.35. The highest BCUT2D eigenvalue weighted by Crippen LogP contribution is 2.23. The summed E-state index contributed by atoms with van der Waals surface area (Å²) < 4.78 is 10.6. The molecule has 0 spiro atoms. The predicted octanol–water partition coefficient (Wildman–Crippen LogP) is 2.85. The number of amides is 2. The smallest absolute Gasteiger partial charge is 0.276 e. The van der Waals surface area contributed by atoms with E-state index in [2.05, 4.69) is 0 Å². The van der Waals surface area contributed by atoms with Gasteiger partial charge in [-0.2, -0.15) is 0 Å². The average molecular weight is 384 g/mol. The van der Waals surface area contributed by atoms with E-state index in [1.165, 1.54) is 4.90 Å². The van der Waals surface area contributed by atoms with Crippen molar-refractivity contribution in [3.8, 4) is 5.75 Å². The van der Waals surface area contributed by atoms with E-state index in [1.807, 2.05) is 48.2 Å². The maximum absolute atomic E-state index is 13.2. The zero-order valence-corrected chi connectivity index (χ0v) is 16.6. The van der Waals surface area contributed by atoms with Crippen LogP contribution >= 0.6 is 0 Å². The zero-order valence-electron chi connectivity index (χ0n) is 16.6. The summed E-state index contributed by atoms with van der Waals surface area (Å²) in [6.07, 6.45) is 5.95. The van der Waals surface area contributed by atoms with E-state index in [9.17, 15) is 9.59 Å². The van der Waals surface area contributed by atoms with E-state index in [1.54, 1.807) is 7.11 Å². The van der Waals surface area contributed by atoms with Crippen molar-refractivity contribution >= 4 is 17.9 Å². The van der Waals surface area contributed by atoms with E-state index in [0.29, 0.717) is 57.0 Å². The third kappa shape index (κ3) is 4.62. The molecule has 2 amide bonds. The molecule has 28 heavy (non-hydrogen) atoms. The van der Waals surface area contributed by atoms with Gasteiger partial charge in [-0.25, -0.2) is 0 Å². The number of hydrogen-bond acceptors (Lipinski definition) is 5. The van der Waals surface area contributed by atoms with Crippen LogP contribution in [-0.2, 0) is 14.3 Å². The summed E-state index contributed by atoms with van der Waals surface area (Å²) in [4.78, 5) is 29.7. The van der Waals surface area contributed by atoms with Gasteiger partial charge in [0.2, 0.25) is 0 Å². The zero-order chi connectivity index (χ0) is 19.9. The Balaban J connectivity index is 1.81. The van der Waals surface area contributed by atoms with E-state index in [0.717, 1.165) is 17.7 Å². The topological polar surface area (TPSA) is 59.1 Å². The Morgan fingerprint density at radius 1 is 1.25 bits per heavy atom. The van der Waals surface area contributed by atoms with Gasteiger partial charge in [0.25, 0.3) is 11.8 Å². The van der Waals surface area contributed by atoms with Crippen LogP contribution in [0.4, 0.5) is 0 Å². The van der Waals surface area contributed by atoms with Crippen LogP contribution in [0.3, 0.4) is 0 Å². The van der Waals surface area contributed by atoms with Crippen LogP contribution < -0.4 is 4.74 Å². The Bertz CT molecular complexity index is 778. The molecule has 1 saturated heterocycles. The molecule has 150 valence electrons. The molecule has 2 aliphatic rings. The standard InChI is InChI=1S/C22H28N2O4/c1-3-6-18(15-17-7-4-8-19(16-17)27-2)21(25)24-10-5-9-20(22(24)26)23-11-13-28-14-12-23/h4,7-9,15-16H,3,5-6,10-14H2,1-2H3/b18-15+. The largest absolute Gasteiger partial charge is 0.497 e. The fourth-order valence-corrected chi connectivity index (χ4v) is 3.54. The molecule has 6 heteroatoms. The highest BCUT2D eigenvalue weighted by molar-refractivity contribution is 6.11. The second kappa shape index (κ2) is 9.55. The van der Waals surface area contributed by atoms with E-state index >= 15 is 0 Å². The van der Waals surface area contributed by atoms with Crippen molar-refractivity contribution in [3.05, 3.63) is 47.2 Å². The Hall–Kier alpha value is -2.60. The minimum atomic E-state index is -0.203. The Morgan fingerprint density at radius 2 is 2.04 bits per heavy atom. The lowest BCUT2D eigenvalue weighted by molar-refractivity contribution is -0.142. The minimum absolute atomic E-state index is 0.200. The Labute approximate surface area is 166 Å². The van der Waals surface area contributed by atoms with Crippen LogP contribution in [0, 0.1) is 0 Å². The maximum atomic E-state index is 13.2. The molecule has 0 N–H and O–H groups in total. The number of rotatable bonds is 6. The molecule has 0 atom stereocenters. The molecule has 3 rings (SSSR count). The fraction of sp³-hybridized carbons (Fsp3) is 0.455. The van der Waals surface area contributed by atoms with Crippen molar-refractivity contribution < 1.29 is 19.1 Å². The van der Waals surface area contributed by atoms with Gasteiger partial charge in [-0.1, -0.05) is 31.6 Å². The van der Waals surface area contributed by atoms with Gasteiger partial charge < -0.3 is 14.4 Å². The van der Waals surface area contributed by atoms with Gasteiger partial charge in [0, 0.05) is 25.2 Å². The maximum Gasteiger partial charge on any atom is 0.276 e. The van der Waals surface area contributed by atoms with Gasteiger partial charge >= 0.3 is 0 Å². The highest BCUT2D eigenvalue weighted by Gasteiger charge is 2.32. The lowest BCUT2D eigenvalue weighted by Crippen LogP contribution is -2.47. The molecular formula is C22H28N2O4. The van der Waals surface area contributed by atoms with Crippen LogP contribution in [0.15, 0.2) is 41.6 Å². The molecule has 0 bridgehead atoms. The van der Waals surface area contributed by atoms with Gasteiger partial charge in [-0.3, -0.25) is 14.5 Å². The molecule has 0 aromatic heterocycles. The molecule has 0 saturated carbocycles. The van der Waals surface area contributed by atoms with Crippen LogP contribution in [0.1, 0.15) is 31.7 Å². The first-order valence-electron chi connectivity index (χ1n) is 9.87. The van der Waals surface area contributed by atoms with E-state index < -0.39 is 0 Å². The third-order valence-electron chi connectivity index (χ3n) is 4.98. The molecule has 1 aromatic carbocycles. The molecule has 0 radical (unpaired) electrons. The summed E-state index contributed by atoms with van der Waals surface area (Å²) in [5, 5.41) is 0. The number of morpholine rings is 1. The second-order valence-corrected chi connectivity index (χ2v) is 6.94. The molecule has 0 unspecified atom stereocenters. The van der Waals surface area contributed by atoms with Crippen molar-refractivity contribution in [2.75, 3.05) is 40.0 Å². The molecule has 1 aromatic rings.